The number of rotatable bonds is 4. The molecule has 6 nitrogen and oxygen atoms in total. The number of pyridine rings is 1. The molecule has 2 saturated heterocycles. The molecule has 0 amide bonds. The molecule has 2 aliphatic heterocycles. The summed E-state index contributed by atoms with van der Waals surface area (Å²) in [6.45, 7) is 5.84. The van der Waals surface area contributed by atoms with Crippen LogP contribution in [-0.4, -0.2) is 56.2 Å². The number of aryl methyl sites for hydroxylation is 4. The molecule has 6 heteroatoms. The highest BCUT2D eigenvalue weighted by Gasteiger charge is 2.45. The van der Waals surface area contributed by atoms with E-state index in [9.17, 15) is 0 Å². The third-order valence-corrected chi connectivity index (χ3v) is 9.56. The van der Waals surface area contributed by atoms with Crippen molar-refractivity contribution >= 4 is 11.0 Å². The maximum atomic E-state index is 5.75. The highest BCUT2D eigenvalue weighted by molar-refractivity contribution is 5.96. The second-order valence-corrected chi connectivity index (χ2v) is 12.1. The first kappa shape index (κ1) is 24.9. The van der Waals surface area contributed by atoms with Gasteiger partial charge in [0.15, 0.2) is 0 Å². The molecule has 5 aromatic rings. The summed E-state index contributed by atoms with van der Waals surface area (Å²) in [5, 5.41) is 1.14. The zero-order valence-corrected chi connectivity index (χ0v) is 23.7. The lowest BCUT2D eigenvalue weighted by Crippen LogP contribution is -2.66. The molecule has 2 aromatic carbocycles. The molecule has 3 atom stereocenters. The Morgan fingerprint density at radius 3 is 2.34 bits per heavy atom. The number of fused-ring (bicyclic) bond motifs is 4. The topological polar surface area (TPSA) is 66.9 Å². The van der Waals surface area contributed by atoms with Crippen molar-refractivity contribution in [3.63, 3.8) is 0 Å². The van der Waals surface area contributed by atoms with E-state index < -0.39 is 0 Å². The van der Waals surface area contributed by atoms with Crippen LogP contribution in [0.4, 0.5) is 0 Å². The number of ether oxygens (including phenoxy) is 1. The molecule has 3 aliphatic rings. The van der Waals surface area contributed by atoms with Gasteiger partial charge in [0.25, 0.3) is 0 Å². The fourth-order valence-corrected chi connectivity index (χ4v) is 7.36. The lowest BCUT2D eigenvalue weighted by molar-refractivity contribution is -0.148. The van der Waals surface area contributed by atoms with Gasteiger partial charge in [-0.3, -0.25) is 4.90 Å². The Bertz CT molecular complexity index is 1740. The standard InChI is InChI=1S/C35H35N5O/c1-21-16-36-22(2)39-34(21)25-6-4-24(5-7-25)33-18-38-35-32(33)14-28(17-37-35)27-8-3-23-9-11-29(12-10-26(23)13-27)40-30-15-31(40)20-41-19-30/h3-8,13-14,16-18,29-31H,9-12,15,19-20H2,1-2H3,(H,37,38)/t29-,30?,31?/m0/s1. The van der Waals surface area contributed by atoms with E-state index in [1.165, 1.54) is 47.9 Å². The first-order valence-electron chi connectivity index (χ1n) is 15.0. The van der Waals surface area contributed by atoms with Gasteiger partial charge in [0, 0.05) is 58.8 Å². The first-order chi connectivity index (χ1) is 20.1. The molecule has 1 aliphatic carbocycles. The van der Waals surface area contributed by atoms with E-state index in [2.05, 4.69) is 81.5 Å². The first-order valence-corrected chi connectivity index (χ1v) is 15.0. The summed E-state index contributed by atoms with van der Waals surface area (Å²) in [5.41, 5.74) is 11.9. The van der Waals surface area contributed by atoms with Gasteiger partial charge < -0.3 is 9.72 Å². The second kappa shape index (κ2) is 9.89. The maximum Gasteiger partial charge on any atom is 0.137 e. The SMILES string of the molecule is Cc1ncc(C)c(-c2ccc(-c3c[nH]c4ncc(-c5ccc6c(c5)CC[C@@H](N5C7COCC5C7)CC6)cc34)cc2)n1. The average molecular weight is 542 g/mol. The molecular formula is C35H35N5O. The fourth-order valence-electron chi connectivity index (χ4n) is 7.36. The van der Waals surface area contributed by atoms with Crippen molar-refractivity contribution in [3.8, 4) is 33.5 Å². The monoisotopic (exact) mass is 541 g/mol. The zero-order valence-electron chi connectivity index (χ0n) is 23.7. The molecular weight excluding hydrogens is 506 g/mol. The molecule has 5 heterocycles. The minimum absolute atomic E-state index is 0.653. The average Bonchev–Trinajstić information content (AvgIpc) is 3.32. The van der Waals surface area contributed by atoms with Crippen molar-refractivity contribution in [3.05, 3.63) is 89.6 Å². The molecule has 0 saturated carbocycles. The number of H-pyrrole nitrogens is 1. The maximum absolute atomic E-state index is 5.75. The van der Waals surface area contributed by atoms with Crippen molar-refractivity contribution in [1.82, 2.24) is 24.8 Å². The lowest BCUT2D eigenvalue weighted by Gasteiger charge is -2.56. The predicted octanol–water partition coefficient (Wildman–Crippen LogP) is 6.69. The molecule has 1 N–H and O–H groups in total. The molecule has 2 fully saturated rings. The van der Waals surface area contributed by atoms with Crippen molar-refractivity contribution in [2.75, 3.05) is 13.2 Å². The number of nitrogens with one attached hydrogen (secondary N) is 1. The van der Waals surface area contributed by atoms with Crippen molar-refractivity contribution in [2.24, 2.45) is 0 Å². The van der Waals surface area contributed by atoms with Gasteiger partial charge in [-0.2, -0.15) is 0 Å². The van der Waals surface area contributed by atoms with E-state index in [4.69, 9.17) is 9.72 Å². The van der Waals surface area contributed by atoms with E-state index >= 15 is 0 Å². The van der Waals surface area contributed by atoms with E-state index in [1.807, 2.05) is 19.3 Å². The van der Waals surface area contributed by atoms with Crippen LogP contribution in [0.2, 0.25) is 0 Å². The Labute approximate surface area is 240 Å². The molecule has 8 rings (SSSR count). The van der Waals surface area contributed by atoms with Gasteiger partial charge in [-0.25, -0.2) is 15.0 Å². The minimum atomic E-state index is 0.653. The third kappa shape index (κ3) is 4.37. The Hall–Kier alpha value is -3.87. The van der Waals surface area contributed by atoms with Gasteiger partial charge >= 0.3 is 0 Å². The lowest BCUT2D eigenvalue weighted by atomic mass is 9.87. The van der Waals surface area contributed by atoms with Gasteiger partial charge in [0.2, 0.25) is 0 Å². The minimum Gasteiger partial charge on any atom is -0.378 e. The highest BCUT2D eigenvalue weighted by Crippen LogP contribution is 2.38. The number of aromatic nitrogens is 4. The second-order valence-electron chi connectivity index (χ2n) is 12.1. The number of hydrogen-bond donors (Lipinski definition) is 1. The highest BCUT2D eigenvalue weighted by atomic mass is 16.5. The normalized spacial score (nSPS) is 22.2. The van der Waals surface area contributed by atoms with E-state index in [1.54, 1.807) is 0 Å². The van der Waals surface area contributed by atoms with Gasteiger partial charge in [-0.1, -0.05) is 42.5 Å². The van der Waals surface area contributed by atoms with Crippen LogP contribution in [0.1, 0.15) is 41.8 Å². The Kier molecular flexibility index (Phi) is 6.01. The predicted molar refractivity (Wildman–Crippen MR) is 163 cm³/mol. The molecule has 2 unspecified atom stereocenters. The summed E-state index contributed by atoms with van der Waals surface area (Å²) in [5.74, 6) is 0.788. The molecule has 41 heavy (non-hydrogen) atoms. The fraction of sp³-hybridized carbons (Fsp3) is 0.343. The Morgan fingerprint density at radius 1 is 0.780 bits per heavy atom. The van der Waals surface area contributed by atoms with Gasteiger partial charge in [-0.15, -0.1) is 0 Å². The largest absolute Gasteiger partial charge is 0.378 e. The molecule has 2 bridgehead atoms. The smallest absolute Gasteiger partial charge is 0.137 e. The molecule has 206 valence electrons. The summed E-state index contributed by atoms with van der Waals surface area (Å²) in [6.07, 6.45) is 12.1. The number of aromatic amines is 1. The van der Waals surface area contributed by atoms with Gasteiger partial charge in [0.1, 0.15) is 11.5 Å². The summed E-state index contributed by atoms with van der Waals surface area (Å²) in [4.78, 5) is 20.0. The quantitative estimate of drug-likeness (QED) is 0.257. The van der Waals surface area contributed by atoms with Crippen molar-refractivity contribution in [1.29, 1.82) is 0 Å². The molecule has 0 spiro atoms. The Morgan fingerprint density at radius 2 is 1.54 bits per heavy atom. The summed E-state index contributed by atoms with van der Waals surface area (Å²) in [7, 11) is 0. The number of hydrogen-bond acceptors (Lipinski definition) is 5. The summed E-state index contributed by atoms with van der Waals surface area (Å²) >= 11 is 0. The van der Waals surface area contributed by atoms with Crippen molar-refractivity contribution < 1.29 is 4.74 Å². The number of nitrogens with zero attached hydrogens (tertiary/aromatic N) is 4. The zero-order chi connectivity index (χ0) is 27.5. The summed E-state index contributed by atoms with van der Waals surface area (Å²) < 4.78 is 5.75. The number of benzene rings is 2. The summed E-state index contributed by atoms with van der Waals surface area (Å²) in [6, 6.07) is 20.0. The van der Waals surface area contributed by atoms with Gasteiger partial charge in [-0.05, 0) is 79.8 Å². The third-order valence-electron chi connectivity index (χ3n) is 9.56. The van der Waals surface area contributed by atoms with Crippen molar-refractivity contribution in [2.45, 2.75) is 64.1 Å². The van der Waals surface area contributed by atoms with Gasteiger partial charge in [0.05, 0.1) is 18.9 Å². The van der Waals surface area contributed by atoms with Crippen LogP contribution in [0.3, 0.4) is 0 Å². The van der Waals surface area contributed by atoms with Crippen LogP contribution in [0.15, 0.2) is 67.1 Å². The van der Waals surface area contributed by atoms with Crippen LogP contribution < -0.4 is 0 Å². The van der Waals surface area contributed by atoms with Crippen LogP contribution >= 0.6 is 0 Å². The van der Waals surface area contributed by atoms with Crippen LogP contribution in [-0.2, 0) is 17.6 Å². The van der Waals surface area contributed by atoms with E-state index in [-0.39, 0.29) is 0 Å². The number of morpholine rings is 1. The van der Waals surface area contributed by atoms with Crippen LogP contribution in [0.25, 0.3) is 44.5 Å². The molecule has 3 aromatic heterocycles. The molecule has 0 radical (unpaired) electrons. The van der Waals surface area contributed by atoms with Crippen LogP contribution in [0.5, 0.6) is 0 Å². The van der Waals surface area contributed by atoms with Crippen LogP contribution in [0, 0.1) is 13.8 Å². The van der Waals surface area contributed by atoms with E-state index in [0.717, 1.165) is 64.4 Å². The Balaban J connectivity index is 1.06. The van der Waals surface area contributed by atoms with E-state index in [0.29, 0.717) is 18.1 Å².